The summed E-state index contributed by atoms with van der Waals surface area (Å²) in [4.78, 5) is 4.77. The molecule has 2 nitrogen and oxygen atoms in total. The van der Waals surface area contributed by atoms with E-state index in [1.54, 1.807) is 12.3 Å². The van der Waals surface area contributed by atoms with Crippen LogP contribution in [0.15, 0.2) is 41.4 Å². The second kappa shape index (κ2) is 7.45. The Morgan fingerprint density at radius 3 is 2.13 bits per heavy atom. The molecule has 0 aliphatic heterocycles. The van der Waals surface area contributed by atoms with Crippen LogP contribution in [0.3, 0.4) is 0 Å². The van der Waals surface area contributed by atoms with Crippen LogP contribution < -0.4 is 0 Å². The largest absolute Gasteiger partial charge is 0.507 e. The van der Waals surface area contributed by atoms with Crippen LogP contribution in [-0.2, 0) is 6.42 Å². The molecule has 0 spiro atoms. The van der Waals surface area contributed by atoms with Gasteiger partial charge in [0.2, 0.25) is 0 Å². The molecule has 2 rings (SSSR count). The lowest BCUT2D eigenvalue weighted by atomic mass is 9.93. The molecule has 122 valence electrons. The van der Waals surface area contributed by atoms with Gasteiger partial charge in [-0.15, -0.1) is 0 Å². The molecule has 0 aliphatic carbocycles. The number of aromatic hydroxyl groups is 1. The first-order valence-corrected chi connectivity index (χ1v) is 8.42. The normalized spacial score (nSPS) is 11.8. The number of hydrogen-bond donors (Lipinski definition) is 1. The molecular formula is C21H27NO. The fourth-order valence-corrected chi connectivity index (χ4v) is 2.72. The van der Waals surface area contributed by atoms with Crippen molar-refractivity contribution < 1.29 is 5.11 Å². The SMILES string of the molecule is CCc1ccc(O)c(C=Nc2c(C(C)C)cccc2C(C)C)c1. The van der Waals surface area contributed by atoms with Gasteiger partial charge in [-0.25, -0.2) is 0 Å². The Balaban J connectivity index is 2.50. The summed E-state index contributed by atoms with van der Waals surface area (Å²) < 4.78 is 0. The highest BCUT2D eigenvalue weighted by atomic mass is 16.3. The molecule has 2 heteroatoms. The van der Waals surface area contributed by atoms with Crippen molar-refractivity contribution in [3.8, 4) is 5.75 Å². The minimum absolute atomic E-state index is 0.277. The van der Waals surface area contributed by atoms with Crippen LogP contribution in [0.4, 0.5) is 5.69 Å². The van der Waals surface area contributed by atoms with Gasteiger partial charge in [-0.1, -0.05) is 58.9 Å². The van der Waals surface area contributed by atoms with Crippen LogP contribution in [0.25, 0.3) is 0 Å². The summed E-state index contributed by atoms with van der Waals surface area (Å²) in [5.41, 5.74) is 5.51. The van der Waals surface area contributed by atoms with Crippen LogP contribution >= 0.6 is 0 Å². The molecular weight excluding hydrogens is 282 g/mol. The molecule has 0 saturated carbocycles. The lowest BCUT2D eigenvalue weighted by molar-refractivity contribution is 0.474. The first-order chi connectivity index (χ1) is 10.9. The fraction of sp³-hybridized carbons (Fsp3) is 0.381. The maximum atomic E-state index is 10.1. The molecule has 0 bridgehead atoms. The Labute approximate surface area is 139 Å². The molecule has 0 radical (unpaired) electrons. The van der Waals surface area contributed by atoms with E-state index < -0.39 is 0 Å². The quantitative estimate of drug-likeness (QED) is 0.680. The van der Waals surface area contributed by atoms with Gasteiger partial charge in [0.05, 0.1) is 5.69 Å². The first-order valence-electron chi connectivity index (χ1n) is 8.42. The average Bonchev–Trinajstić information content (AvgIpc) is 2.53. The van der Waals surface area contributed by atoms with E-state index in [1.807, 2.05) is 12.1 Å². The minimum Gasteiger partial charge on any atom is -0.507 e. The number of rotatable bonds is 5. The Bertz CT molecular complexity index is 673. The molecule has 0 unspecified atom stereocenters. The summed E-state index contributed by atoms with van der Waals surface area (Å²) in [7, 11) is 0. The highest BCUT2D eigenvalue weighted by molar-refractivity contribution is 5.86. The first kappa shape index (κ1) is 17.3. The molecule has 0 atom stereocenters. The van der Waals surface area contributed by atoms with Crippen LogP contribution in [0.2, 0.25) is 0 Å². The number of nitrogens with zero attached hydrogens (tertiary/aromatic N) is 1. The Hall–Kier alpha value is -2.09. The van der Waals surface area contributed by atoms with E-state index in [0.29, 0.717) is 11.8 Å². The summed E-state index contributed by atoms with van der Waals surface area (Å²) in [5, 5.41) is 10.1. The summed E-state index contributed by atoms with van der Waals surface area (Å²) in [5.74, 6) is 1.10. The number of aryl methyl sites for hydroxylation is 1. The predicted octanol–water partition coefficient (Wildman–Crippen LogP) is 5.95. The zero-order valence-electron chi connectivity index (χ0n) is 14.8. The summed E-state index contributed by atoms with van der Waals surface area (Å²) >= 11 is 0. The standard InChI is InChI=1S/C21H27NO/c1-6-16-10-11-20(23)17(12-16)13-22-21-18(14(2)3)8-7-9-19(21)15(4)5/h7-15,23H,6H2,1-5H3. The van der Waals surface area contributed by atoms with Crippen LogP contribution in [0.1, 0.15) is 68.7 Å². The van der Waals surface area contributed by atoms with Crippen LogP contribution in [-0.4, -0.2) is 11.3 Å². The van der Waals surface area contributed by atoms with Gasteiger partial charge in [0.25, 0.3) is 0 Å². The van der Waals surface area contributed by atoms with E-state index in [4.69, 9.17) is 4.99 Å². The lowest BCUT2D eigenvalue weighted by Gasteiger charge is -2.16. The third-order valence-electron chi connectivity index (χ3n) is 4.18. The molecule has 0 heterocycles. The topological polar surface area (TPSA) is 32.6 Å². The van der Waals surface area contributed by atoms with E-state index in [0.717, 1.165) is 17.7 Å². The molecule has 0 fully saturated rings. The molecule has 2 aromatic carbocycles. The van der Waals surface area contributed by atoms with Crippen molar-refractivity contribution in [2.45, 2.75) is 52.9 Å². The number of phenols is 1. The zero-order chi connectivity index (χ0) is 17.0. The third-order valence-corrected chi connectivity index (χ3v) is 4.18. The Kier molecular flexibility index (Phi) is 5.59. The number of phenolic OH excluding ortho intramolecular Hbond substituents is 1. The van der Waals surface area contributed by atoms with Gasteiger partial charge >= 0.3 is 0 Å². The van der Waals surface area contributed by atoms with Crippen LogP contribution in [0.5, 0.6) is 5.75 Å². The van der Waals surface area contributed by atoms with Gasteiger partial charge in [-0.3, -0.25) is 4.99 Å². The average molecular weight is 309 g/mol. The van der Waals surface area contributed by atoms with Gasteiger partial charge in [0.1, 0.15) is 5.75 Å². The monoisotopic (exact) mass is 309 g/mol. The number of aliphatic imine (C=N–C) groups is 1. The van der Waals surface area contributed by atoms with Gasteiger partial charge in [-0.2, -0.15) is 0 Å². The summed E-state index contributed by atoms with van der Waals surface area (Å²) in [6.45, 7) is 10.9. The number of hydrogen-bond acceptors (Lipinski definition) is 2. The van der Waals surface area contributed by atoms with Crippen molar-refractivity contribution >= 4 is 11.9 Å². The van der Waals surface area contributed by atoms with Crippen molar-refractivity contribution in [2.75, 3.05) is 0 Å². The van der Waals surface area contributed by atoms with Crippen molar-refractivity contribution in [2.24, 2.45) is 4.99 Å². The summed E-state index contributed by atoms with van der Waals surface area (Å²) in [6, 6.07) is 12.1. The highest BCUT2D eigenvalue weighted by Crippen LogP contribution is 2.34. The van der Waals surface area contributed by atoms with Crippen molar-refractivity contribution in [3.63, 3.8) is 0 Å². The van der Waals surface area contributed by atoms with Crippen molar-refractivity contribution in [1.82, 2.24) is 0 Å². The summed E-state index contributed by atoms with van der Waals surface area (Å²) in [6.07, 6.45) is 2.74. The lowest BCUT2D eigenvalue weighted by Crippen LogP contribution is -1.96. The molecule has 1 N–H and O–H groups in total. The van der Waals surface area contributed by atoms with E-state index in [-0.39, 0.29) is 5.75 Å². The van der Waals surface area contributed by atoms with Gasteiger partial charge in [-0.05, 0) is 47.1 Å². The zero-order valence-corrected chi connectivity index (χ0v) is 14.8. The Morgan fingerprint density at radius 2 is 1.61 bits per heavy atom. The third kappa shape index (κ3) is 4.01. The smallest absolute Gasteiger partial charge is 0.124 e. The molecule has 0 aromatic heterocycles. The van der Waals surface area contributed by atoms with E-state index in [1.165, 1.54) is 16.7 Å². The molecule has 0 amide bonds. The molecule has 23 heavy (non-hydrogen) atoms. The van der Waals surface area contributed by atoms with Crippen molar-refractivity contribution in [1.29, 1.82) is 0 Å². The minimum atomic E-state index is 0.277. The molecule has 0 saturated heterocycles. The number of para-hydroxylation sites is 1. The van der Waals surface area contributed by atoms with Gasteiger partial charge < -0.3 is 5.11 Å². The second-order valence-electron chi connectivity index (χ2n) is 6.60. The van der Waals surface area contributed by atoms with Gasteiger partial charge in [0, 0.05) is 11.8 Å². The highest BCUT2D eigenvalue weighted by Gasteiger charge is 2.12. The van der Waals surface area contributed by atoms with E-state index >= 15 is 0 Å². The molecule has 0 aliphatic rings. The predicted molar refractivity (Wildman–Crippen MR) is 99.4 cm³/mol. The van der Waals surface area contributed by atoms with E-state index in [9.17, 15) is 5.11 Å². The maximum absolute atomic E-state index is 10.1. The van der Waals surface area contributed by atoms with Crippen LogP contribution in [0, 0.1) is 0 Å². The second-order valence-corrected chi connectivity index (χ2v) is 6.60. The fourth-order valence-electron chi connectivity index (χ4n) is 2.72. The molecule has 2 aromatic rings. The van der Waals surface area contributed by atoms with Crippen molar-refractivity contribution in [3.05, 3.63) is 58.7 Å². The van der Waals surface area contributed by atoms with Gasteiger partial charge in [0.15, 0.2) is 0 Å². The Morgan fingerprint density at radius 1 is 1.00 bits per heavy atom. The maximum Gasteiger partial charge on any atom is 0.124 e. The number of benzene rings is 2. The van der Waals surface area contributed by atoms with E-state index in [2.05, 4.69) is 52.8 Å².